The lowest BCUT2D eigenvalue weighted by atomic mass is 10.1. The number of aromatic nitrogens is 2. The molecule has 3 aromatic rings. The Kier molecular flexibility index (Phi) is 5.84. The maximum atomic E-state index is 12.9. The molecule has 0 spiro atoms. The Morgan fingerprint density at radius 2 is 1.82 bits per heavy atom. The maximum Gasteiger partial charge on any atom is 0.255 e. The summed E-state index contributed by atoms with van der Waals surface area (Å²) >= 11 is 0. The Morgan fingerprint density at radius 1 is 1.04 bits per heavy atom. The molecule has 7 nitrogen and oxygen atoms in total. The van der Waals surface area contributed by atoms with Gasteiger partial charge in [-0.05, 0) is 36.8 Å². The molecule has 1 heterocycles. The molecule has 0 aliphatic heterocycles. The van der Waals surface area contributed by atoms with Crippen molar-refractivity contribution in [2.24, 2.45) is 0 Å². The number of nitrogens with zero attached hydrogens (tertiary/aromatic N) is 1. The van der Waals surface area contributed by atoms with Crippen LogP contribution in [0.5, 0.6) is 17.2 Å². The van der Waals surface area contributed by atoms with Gasteiger partial charge in [-0.1, -0.05) is 18.2 Å². The molecule has 1 amide bonds. The lowest BCUT2D eigenvalue weighted by molar-refractivity contribution is 0.0940. The van der Waals surface area contributed by atoms with Gasteiger partial charge in [-0.15, -0.1) is 0 Å². The third kappa shape index (κ3) is 3.93. The molecule has 146 valence electrons. The summed E-state index contributed by atoms with van der Waals surface area (Å²) in [6.45, 7) is 1.91. The Balaban J connectivity index is 1.81. The fourth-order valence-electron chi connectivity index (χ4n) is 2.94. The quantitative estimate of drug-likeness (QED) is 0.653. The predicted molar refractivity (Wildman–Crippen MR) is 106 cm³/mol. The number of methoxy groups -OCH3 is 3. The minimum absolute atomic E-state index is 0.228. The molecule has 2 aromatic carbocycles. The highest BCUT2D eigenvalue weighted by atomic mass is 16.5. The Bertz CT molecular complexity index is 968. The van der Waals surface area contributed by atoms with Crippen molar-refractivity contribution in [2.75, 3.05) is 21.3 Å². The normalized spacial score (nSPS) is 11.6. The molecule has 0 aliphatic rings. The van der Waals surface area contributed by atoms with Gasteiger partial charge in [0.1, 0.15) is 5.75 Å². The second kappa shape index (κ2) is 8.47. The number of hydrogen-bond donors (Lipinski definition) is 2. The minimum Gasteiger partial charge on any atom is -0.497 e. The summed E-state index contributed by atoms with van der Waals surface area (Å²) in [6, 6.07) is 12.8. The van der Waals surface area contributed by atoms with Crippen LogP contribution < -0.4 is 19.5 Å². The standard InChI is InChI=1S/C21H23N3O4/c1-13(14-8-9-18(27-3)19(11-14)28-4)23-21(25)17-12-22-24-20(17)15-6-5-7-16(10-15)26-2/h5-13H,1-4H3,(H,22,24)(H,23,25)/t13-/m1/s1. The average Bonchev–Trinajstić information content (AvgIpc) is 3.23. The van der Waals surface area contributed by atoms with Crippen LogP contribution >= 0.6 is 0 Å². The van der Waals surface area contributed by atoms with Crippen molar-refractivity contribution in [3.63, 3.8) is 0 Å². The summed E-state index contributed by atoms with van der Waals surface area (Å²) < 4.78 is 15.9. The van der Waals surface area contributed by atoms with Crippen LogP contribution in [0.4, 0.5) is 0 Å². The van der Waals surface area contributed by atoms with E-state index in [4.69, 9.17) is 14.2 Å². The van der Waals surface area contributed by atoms with Gasteiger partial charge in [0, 0.05) is 5.56 Å². The van der Waals surface area contributed by atoms with Gasteiger partial charge in [-0.2, -0.15) is 5.10 Å². The third-order valence-electron chi connectivity index (χ3n) is 4.50. The van der Waals surface area contributed by atoms with Gasteiger partial charge in [0.15, 0.2) is 11.5 Å². The van der Waals surface area contributed by atoms with Crippen molar-refractivity contribution >= 4 is 5.91 Å². The first-order valence-electron chi connectivity index (χ1n) is 8.78. The summed E-state index contributed by atoms with van der Waals surface area (Å²) in [5, 5.41) is 9.94. The number of H-pyrrole nitrogens is 1. The van der Waals surface area contributed by atoms with E-state index in [0.717, 1.165) is 11.1 Å². The number of benzene rings is 2. The van der Waals surface area contributed by atoms with Crippen molar-refractivity contribution in [1.82, 2.24) is 15.5 Å². The van der Waals surface area contributed by atoms with Gasteiger partial charge in [0.05, 0.1) is 44.8 Å². The van der Waals surface area contributed by atoms with E-state index >= 15 is 0 Å². The van der Waals surface area contributed by atoms with Crippen LogP contribution in [0.2, 0.25) is 0 Å². The lowest BCUT2D eigenvalue weighted by Gasteiger charge is -2.16. The SMILES string of the molecule is COc1cccc(-c2[nH]ncc2C(=O)N[C@H](C)c2ccc(OC)c(OC)c2)c1. The van der Waals surface area contributed by atoms with E-state index in [-0.39, 0.29) is 11.9 Å². The molecule has 0 saturated carbocycles. The number of ether oxygens (including phenoxy) is 3. The van der Waals surface area contributed by atoms with Gasteiger partial charge < -0.3 is 19.5 Å². The molecular weight excluding hydrogens is 358 g/mol. The number of hydrogen-bond acceptors (Lipinski definition) is 5. The zero-order valence-corrected chi connectivity index (χ0v) is 16.3. The van der Waals surface area contributed by atoms with Crippen LogP contribution in [0, 0.1) is 0 Å². The molecule has 3 rings (SSSR count). The van der Waals surface area contributed by atoms with Crippen LogP contribution in [-0.4, -0.2) is 37.4 Å². The molecule has 7 heteroatoms. The van der Waals surface area contributed by atoms with Gasteiger partial charge in [0.25, 0.3) is 5.91 Å². The highest BCUT2D eigenvalue weighted by Crippen LogP contribution is 2.30. The molecule has 28 heavy (non-hydrogen) atoms. The predicted octanol–water partition coefficient (Wildman–Crippen LogP) is 3.59. The maximum absolute atomic E-state index is 12.9. The Hall–Kier alpha value is -3.48. The second-order valence-electron chi connectivity index (χ2n) is 6.20. The number of carbonyl (C=O) groups excluding carboxylic acids is 1. The summed E-state index contributed by atoms with van der Waals surface area (Å²) in [4.78, 5) is 12.9. The first-order valence-corrected chi connectivity index (χ1v) is 8.78. The fourth-order valence-corrected chi connectivity index (χ4v) is 2.94. The highest BCUT2D eigenvalue weighted by molar-refractivity contribution is 6.00. The van der Waals surface area contributed by atoms with Crippen LogP contribution in [0.3, 0.4) is 0 Å². The number of aromatic amines is 1. The molecule has 1 atom stereocenters. The van der Waals surface area contributed by atoms with E-state index in [9.17, 15) is 4.79 Å². The minimum atomic E-state index is -0.236. The zero-order valence-electron chi connectivity index (χ0n) is 16.3. The largest absolute Gasteiger partial charge is 0.497 e. The van der Waals surface area contributed by atoms with Gasteiger partial charge in [-0.25, -0.2) is 0 Å². The van der Waals surface area contributed by atoms with Gasteiger partial charge in [0.2, 0.25) is 0 Å². The monoisotopic (exact) mass is 381 g/mol. The summed E-state index contributed by atoms with van der Waals surface area (Å²) in [7, 11) is 4.77. The van der Waals surface area contributed by atoms with Crippen LogP contribution in [0.15, 0.2) is 48.7 Å². The molecule has 0 unspecified atom stereocenters. The molecule has 0 aliphatic carbocycles. The second-order valence-corrected chi connectivity index (χ2v) is 6.20. The topological polar surface area (TPSA) is 85.5 Å². The van der Waals surface area contributed by atoms with E-state index in [1.54, 1.807) is 21.3 Å². The number of nitrogens with one attached hydrogen (secondary N) is 2. The van der Waals surface area contributed by atoms with E-state index in [0.29, 0.717) is 28.5 Å². The van der Waals surface area contributed by atoms with Crippen molar-refractivity contribution in [3.8, 4) is 28.5 Å². The lowest BCUT2D eigenvalue weighted by Crippen LogP contribution is -2.26. The molecule has 0 radical (unpaired) electrons. The molecule has 0 saturated heterocycles. The zero-order chi connectivity index (χ0) is 20.1. The fraction of sp³-hybridized carbons (Fsp3) is 0.238. The number of amides is 1. The van der Waals surface area contributed by atoms with Crippen molar-refractivity contribution in [3.05, 3.63) is 59.8 Å². The molecule has 1 aromatic heterocycles. The van der Waals surface area contributed by atoms with Crippen LogP contribution in [0.25, 0.3) is 11.3 Å². The van der Waals surface area contributed by atoms with Crippen LogP contribution in [0.1, 0.15) is 28.9 Å². The first kappa shape index (κ1) is 19.3. The Labute approximate surface area is 163 Å². The number of rotatable bonds is 7. The van der Waals surface area contributed by atoms with E-state index in [2.05, 4.69) is 15.5 Å². The Morgan fingerprint density at radius 3 is 2.54 bits per heavy atom. The van der Waals surface area contributed by atoms with E-state index in [1.807, 2.05) is 49.4 Å². The molecule has 0 bridgehead atoms. The van der Waals surface area contributed by atoms with Crippen molar-refractivity contribution in [1.29, 1.82) is 0 Å². The van der Waals surface area contributed by atoms with Crippen molar-refractivity contribution in [2.45, 2.75) is 13.0 Å². The van der Waals surface area contributed by atoms with Crippen molar-refractivity contribution < 1.29 is 19.0 Å². The van der Waals surface area contributed by atoms with Crippen LogP contribution in [-0.2, 0) is 0 Å². The number of carbonyl (C=O) groups is 1. The van der Waals surface area contributed by atoms with E-state index in [1.165, 1.54) is 6.20 Å². The molecular formula is C21H23N3O4. The van der Waals surface area contributed by atoms with Gasteiger partial charge >= 0.3 is 0 Å². The molecule has 2 N–H and O–H groups in total. The van der Waals surface area contributed by atoms with Gasteiger partial charge in [-0.3, -0.25) is 9.89 Å². The summed E-state index contributed by atoms with van der Waals surface area (Å²) in [6.07, 6.45) is 1.52. The average molecular weight is 381 g/mol. The third-order valence-corrected chi connectivity index (χ3v) is 4.50. The molecule has 0 fully saturated rings. The van der Waals surface area contributed by atoms with E-state index < -0.39 is 0 Å². The smallest absolute Gasteiger partial charge is 0.255 e. The highest BCUT2D eigenvalue weighted by Gasteiger charge is 2.19. The summed E-state index contributed by atoms with van der Waals surface area (Å²) in [5.41, 5.74) is 2.81. The first-order chi connectivity index (χ1) is 13.6. The summed E-state index contributed by atoms with van der Waals surface area (Å²) in [5.74, 6) is 1.73.